The fourth-order valence-electron chi connectivity index (χ4n) is 8.44. The highest BCUT2D eigenvalue weighted by molar-refractivity contribution is 6.48. The van der Waals surface area contributed by atoms with E-state index in [2.05, 4.69) is 36.6 Å². The fraction of sp³-hybridized carbons (Fsp3) is 0.447. The van der Waals surface area contributed by atoms with Crippen LogP contribution in [0.5, 0.6) is 0 Å². The van der Waals surface area contributed by atoms with Crippen LogP contribution in [0.1, 0.15) is 67.1 Å². The van der Waals surface area contributed by atoms with E-state index in [1.54, 1.807) is 0 Å². The SMILES string of the molecule is CC1(C)[C@@H]2C[C@H]3OB([C@H](Cc4ccccc4)NC(=O)C4(Cc5ccccc5)CC(CNC(=O)c5cccc(C(F)(F)F)c5)=NO4)O[C@@]3(C)[C@H]1C2. The van der Waals surface area contributed by atoms with Crippen molar-refractivity contribution in [2.24, 2.45) is 22.4 Å². The zero-order valence-electron chi connectivity index (χ0n) is 28.3. The van der Waals surface area contributed by atoms with E-state index in [1.807, 2.05) is 60.7 Å². The molecule has 262 valence electrons. The van der Waals surface area contributed by atoms with E-state index in [0.717, 1.165) is 36.1 Å². The average molecular weight is 688 g/mol. The normalized spacial score (nSPS) is 28.5. The van der Waals surface area contributed by atoms with Gasteiger partial charge in [0.2, 0.25) is 5.60 Å². The van der Waals surface area contributed by atoms with Crippen LogP contribution in [-0.4, -0.2) is 54.4 Å². The smallest absolute Gasteiger partial charge is 0.404 e. The quantitative estimate of drug-likeness (QED) is 0.248. The molecule has 3 aliphatic carbocycles. The van der Waals surface area contributed by atoms with E-state index < -0.39 is 47.8 Å². The van der Waals surface area contributed by atoms with Crippen molar-refractivity contribution in [1.82, 2.24) is 10.6 Å². The zero-order chi connectivity index (χ0) is 35.3. The molecule has 2 amide bonds. The first-order valence-electron chi connectivity index (χ1n) is 17.2. The number of oxime groups is 1. The number of benzene rings is 3. The molecule has 0 spiro atoms. The predicted molar refractivity (Wildman–Crippen MR) is 182 cm³/mol. The first-order chi connectivity index (χ1) is 23.8. The lowest BCUT2D eigenvalue weighted by atomic mass is 9.43. The van der Waals surface area contributed by atoms with Crippen molar-refractivity contribution in [1.29, 1.82) is 0 Å². The number of nitrogens with one attached hydrogen (secondary N) is 2. The van der Waals surface area contributed by atoms with Gasteiger partial charge in [0.05, 0.1) is 35.5 Å². The molecular formula is C38H41BF3N3O5. The Morgan fingerprint density at radius 3 is 2.34 bits per heavy atom. The summed E-state index contributed by atoms with van der Waals surface area (Å²) in [6.45, 7) is 6.64. The van der Waals surface area contributed by atoms with Crippen LogP contribution in [0.2, 0.25) is 0 Å². The second-order valence-corrected chi connectivity index (χ2v) is 15.0. The molecule has 1 saturated heterocycles. The molecule has 50 heavy (non-hydrogen) atoms. The summed E-state index contributed by atoms with van der Waals surface area (Å²) in [4.78, 5) is 33.4. The van der Waals surface area contributed by atoms with E-state index in [-0.39, 0.29) is 36.5 Å². The molecule has 0 aromatic heterocycles. The summed E-state index contributed by atoms with van der Waals surface area (Å²) in [5.74, 6) is -0.726. The van der Waals surface area contributed by atoms with E-state index in [4.69, 9.17) is 14.1 Å². The highest BCUT2D eigenvalue weighted by Gasteiger charge is 2.68. The molecule has 6 atom stereocenters. The third-order valence-corrected chi connectivity index (χ3v) is 11.4. The first-order valence-corrected chi connectivity index (χ1v) is 17.2. The second-order valence-electron chi connectivity index (χ2n) is 15.0. The summed E-state index contributed by atoms with van der Waals surface area (Å²) in [6, 6.07) is 23.5. The Hall–Kier alpha value is -4.16. The summed E-state index contributed by atoms with van der Waals surface area (Å²) in [7, 11) is -0.688. The first kappa shape index (κ1) is 34.3. The summed E-state index contributed by atoms with van der Waals surface area (Å²) >= 11 is 0. The Morgan fingerprint density at radius 1 is 0.960 bits per heavy atom. The van der Waals surface area contributed by atoms with E-state index >= 15 is 0 Å². The molecular weight excluding hydrogens is 646 g/mol. The molecule has 12 heteroatoms. The van der Waals surface area contributed by atoms with Gasteiger partial charge in [-0.2, -0.15) is 13.2 Å². The van der Waals surface area contributed by atoms with Gasteiger partial charge in [-0.1, -0.05) is 85.7 Å². The van der Waals surface area contributed by atoms with Crippen LogP contribution in [0.25, 0.3) is 0 Å². The molecule has 0 radical (unpaired) electrons. The number of carbonyl (C=O) groups is 2. The molecule has 2 aliphatic heterocycles. The fourth-order valence-corrected chi connectivity index (χ4v) is 8.44. The minimum absolute atomic E-state index is 0.0549. The predicted octanol–water partition coefficient (Wildman–Crippen LogP) is 6.19. The molecule has 8 rings (SSSR count). The van der Waals surface area contributed by atoms with Crippen LogP contribution in [-0.2, 0) is 38.0 Å². The topological polar surface area (TPSA) is 98.3 Å². The maximum absolute atomic E-state index is 14.5. The average Bonchev–Trinajstić information content (AvgIpc) is 3.68. The van der Waals surface area contributed by atoms with Crippen LogP contribution >= 0.6 is 0 Å². The number of rotatable bonds is 10. The Balaban J connectivity index is 1.10. The Kier molecular flexibility index (Phi) is 8.83. The lowest BCUT2D eigenvalue weighted by Gasteiger charge is -2.64. The molecule has 2 heterocycles. The highest BCUT2D eigenvalue weighted by atomic mass is 19.4. The van der Waals surface area contributed by atoms with Crippen LogP contribution in [0.15, 0.2) is 90.1 Å². The van der Waals surface area contributed by atoms with Gasteiger partial charge in [-0.15, -0.1) is 0 Å². The van der Waals surface area contributed by atoms with E-state index in [0.29, 0.717) is 24.0 Å². The van der Waals surface area contributed by atoms with Crippen molar-refractivity contribution >= 4 is 24.6 Å². The number of carbonyl (C=O) groups excluding carboxylic acids is 2. The largest absolute Gasteiger partial charge is 0.482 e. The van der Waals surface area contributed by atoms with Gasteiger partial charge in [0, 0.05) is 18.4 Å². The highest BCUT2D eigenvalue weighted by Crippen LogP contribution is 2.65. The number of hydrogen-bond acceptors (Lipinski definition) is 6. The van der Waals surface area contributed by atoms with Crippen molar-refractivity contribution in [3.63, 3.8) is 0 Å². The third kappa shape index (κ3) is 6.43. The van der Waals surface area contributed by atoms with Crippen molar-refractivity contribution in [3.05, 3.63) is 107 Å². The number of halogens is 3. The standard InChI is InChI=1S/C38H41BF3N3O5/c1-35(2)28-19-30(35)36(3)31(20-28)48-39(49-36)32(17-24-11-6-4-7-12-24)44-34(47)37(21-25-13-8-5-9-14-25)22-29(45-50-37)23-43-33(46)26-15-10-16-27(18-26)38(40,41)42/h4-16,18,28,30-32H,17,19-23H2,1-3H3,(H,43,46)(H,44,47)/t28-,30-,31+,32-,36-,37?/m0/s1. The van der Waals surface area contributed by atoms with Gasteiger partial charge in [0.1, 0.15) is 0 Å². The molecule has 2 N–H and O–H groups in total. The number of nitrogens with zero attached hydrogens (tertiary/aromatic N) is 1. The van der Waals surface area contributed by atoms with Crippen LogP contribution in [0, 0.1) is 17.3 Å². The molecule has 3 aromatic rings. The zero-order valence-corrected chi connectivity index (χ0v) is 28.3. The summed E-state index contributed by atoms with van der Waals surface area (Å²) in [5.41, 5.74) is -0.585. The van der Waals surface area contributed by atoms with Crippen molar-refractivity contribution in [2.45, 2.75) is 82.3 Å². The van der Waals surface area contributed by atoms with Crippen LogP contribution < -0.4 is 10.6 Å². The van der Waals surface area contributed by atoms with Gasteiger partial charge >= 0.3 is 13.3 Å². The van der Waals surface area contributed by atoms with Gasteiger partial charge in [-0.05, 0) is 72.8 Å². The molecule has 8 nitrogen and oxygen atoms in total. The maximum atomic E-state index is 14.5. The van der Waals surface area contributed by atoms with Crippen LogP contribution in [0.4, 0.5) is 13.2 Å². The summed E-state index contributed by atoms with van der Waals surface area (Å²) in [6.07, 6.45) is -1.94. The lowest BCUT2D eigenvalue weighted by molar-refractivity contribution is -0.199. The van der Waals surface area contributed by atoms with Gasteiger partial charge in [-0.25, -0.2) is 0 Å². The number of amides is 2. The van der Waals surface area contributed by atoms with Crippen molar-refractivity contribution in [2.75, 3.05) is 6.54 Å². The molecule has 3 saturated carbocycles. The summed E-state index contributed by atoms with van der Waals surface area (Å²) < 4.78 is 53.2. The minimum Gasteiger partial charge on any atom is -0.404 e. The van der Waals surface area contributed by atoms with Crippen molar-refractivity contribution in [3.8, 4) is 0 Å². The molecule has 1 unspecified atom stereocenters. The maximum Gasteiger partial charge on any atom is 0.482 e. The van der Waals surface area contributed by atoms with Gasteiger partial charge in [0.25, 0.3) is 11.8 Å². The molecule has 3 aromatic carbocycles. The van der Waals surface area contributed by atoms with Gasteiger partial charge in [-0.3, -0.25) is 9.59 Å². The Morgan fingerprint density at radius 2 is 1.66 bits per heavy atom. The monoisotopic (exact) mass is 687 g/mol. The van der Waals surface area contributed by atoms with Gasteiger partial charge < -0.3 is 24.8 Å². The van der Waals surface area contributed by atoms with Crippen molar-refractivity contribution < 1.29 is 36.9 Å². The lowest BCUT2D eigenvalue weighted by Crippen LogP contribution is -2.65. The van der Waals surface area contributed by atoms with E-state index in [9.17, 15) is 22.8 Å². The number of alkyl halides is 3. The third-order valence-electron chi connectivity index (χ3n) is 11.4. The summed E-state index contributed by atoms with van der Waals surface area (Å²) in [5, 5.41) is 10.1. The van der Waals surface area contributed by atoms with Gasteiger partial charge in [0.15, 0.2) is 0 Å². The number of hydrogen-bond donors (Lipinski definition) is 2. The van der Waals surface area contributed by atoms with E-state index in [1.165, 1.54) is 12.1 Å². The minimum atomic E-state index is -4.58. The second kappa shape index (κ2) is 12.9. The van der Waals surface area contributed by atoms with Crippen LogP contribution in [0.3, 0.4) is 0 Å². The molecule has 2 bridgehead atoms. The molecule has 4 fully saturated rings. The Labute approximate surface area is 290 Å². The Bertz CT molecular complexity index is 1770. The molecule has 5 aliphatic rings.